The molecule has 0 bridgehead atoms. The second-order valence-electron chi connectivity index (χ2n) is 6.20. The van der Waals surface area contributed by atoms with Gasteiger partial charge in [0.1, 0.15) is 12.4 Å². The van der Waals surface area contributed by atoms with E-state index in [9.17, 15) is 9.59 Å². The van der Waals surface area contributed by atoms with E-state index in [2.05, 4.69) is 27.7 Å². The molecule has 2 amide bonds. The van der Waals surface area contributed by atoms with Crippen LogP contribution in [0.1, 0.15) is 31.8 Å². The fourth-order valence-corrected chi connectivity index (χ4v) is 3.16. The van der Waals surface area contributed by atoms with E-state index in [0.717, 1.165) is 21.9 Å². The molecule has 0 spiro atoms. The highest BCUT2D eigenvalue weighted by Gasteiger charge is 2.35. The van der Waals surface area contributed by atoms with Crippen molar-refractivity contribution in [2.75, 3.05) is 0 Å². The van der Waals surface area contributed by atoms with Gasteiger partial charge in [0.15, 0.2) is 0 Å². The van der Waals surface area contributed by atoms with E-state index in [0.29, 0.717) is 17.7 Å². The van der Waals surface area contributed by atoms with Crippen LogP contribution in [0.25, 0.3) is 0 Å². The molecule has 3 aromatic rings. The van der Waals surface area contributed by atoms with Gasteiger partial charge in [-0.1, -0.05) is 24.3 Å². The van der Waals surface area contributed by atoms with Crippen LogP contribution in [0.2, 0.25) is 0 Å². The zero-order chi connectivity index (χ0) is 19.5. The third-order valence-corrected chi connectivity index (χ3v) is 5.01. The van der Waals surface area contributed by atoms with Crippen molar-refractivity contribution in [3.8, 4) is 5.75 Å². The normalized spacial score (nSPS) is 13.2. The summed E-state index contributed by atoms with van der Waals surface area (Å²) in [6, 6.07) is 22.2. The number of rotatable bonds is 5. The Hall–Kier alpha value is -3.00. The SMILES string of the molecule is O=C1c2ccccc2C(=O)N1/N=C\c1ccc(OCc2ccc(I)cc2)cc1. The minimum atomic E-state index is -0.408. The summed E-state index contributed by atoms with van der Waals surface area (Å²) in [5, 5.41) is 4.96. The predicted octanol–water partition coefficient (Wildman–Crippen LogP) is 4.50. The van der Waals surface area contributed by atoms with Crippen LogP contribution in [0, 0.1) is 3.57 Å². The van der Waals surface area contributed by atoms with Crippen LogP contribution in [0.15, 0.2) is 77.9 Å². The molecule has 0 radical (unpaired) electrons. The monoisotopic (exact) mass is 482 g/mol. The Balaban J connectivity index is 1.40. The van der Waals surface area contributed by atoms with Crippen molar-refractivity contribution in [1.82, 2.24) is 5.01 Å². The van der Waals surface area contributed by atoms with Crippen molar-refractivity contribution in [2.45, 2.75) is 6.61 Å². The molecule has 5 nitrogen and oxygen atoms in total. The Morgan fingerprint density at radius 2 is 1.46 bits per heavy atom. The molecule has 6 heteroatoms. The van der Waals surface area contributed by atoms with Crippen LogP contribution in [0.4, 0.5) is 0 Å². The van der Waals surface area contributed by atoms with E-state index in [1.165, 1.54) is 9.78 Å². The number of hydrogen-bond acceptors (Lipinski definition) is 4. The second-order valence-corrected chi connectivity index (χ2v) is 7.44. The van der Waals surface area contributed by atoms with Gasteiger partial charge in [0.2, 0.25) is 0 Å². The lowest BCUT2D eigenvalue weighted by atomic mass is 10.1. The van der Waals surface area contributed by atoms with Gasteiger partial charge in [0.25, 0.3) is 11.8 Å². The van der Waals surface area contributed by atoms with E-state index in [1.807, 2.05) is 48.5 Å². The summed E-state index contributed by atoms with van der Waals surface area (Å²) in [6.07, 6.45) is 1.49. The molecule has 0 atom stereocenters. The van der Waals surface area contributed by atoms with E-state index in [1.54, 1.807) is 24.3 Å². The van der Waals surface area contributed by atoms with Gasteiger partial charge in [-0.2, -0.15) is 10.1 Å². The molecule has 3 aromatic carbocycles. The molecule has 0 fully saturated rings. The summed E-state index contributed by atoms with van der Waals surface area (Å²) in [6.45, 7) is 0.486. The van der Waals surface area contributed by atoms with E-state index in [-0.39, 0.29) is 0 Å². The molecule has 0 N–H and O–H groups in total. The molecule has 1 heterocycles. The molecular weight excluding hydrogens is 467 g/mol. The van der Waals surface area contributed by atoms with Gasteiger partial charge in [0, 0.05) is 3.57 Å². The lowest BCUT2D eigenvalue weighted by Gasteiger charge is -2.07. The maximum Gasteiger partial charge on any atom is 0.282 e. The van der Waals surface area contributed by atoms with Crippen molar-refractivity contribution in [1.29, 1.82) is 0 Å². The molecule has 28 heavy (non-hydrogen) atoms. The highest BCUT2D eigenvalue weighted by molar-refractivity contribution is 14.1. The van der Waals surface area contributed by atoms with Gasteiger partial charge >= 0.3 is 0 Å². The molecule has 0 unspecified atom stereocenters. The van der Waals surface area contributed by atoms with Gasteiger partial charge in [0.05, 0.1) is 17.3 Å². The van der Waals surface area contributed by atoms with Crippen LogP contribution in [-0.2, 0) is 6.61 Å². The number of carbonyl (C=O) groups is 2. The number of benzene rings is 3. The first-order chi connectivity index (χ1) is 13.6. The van der Waals surface area contributed by atoms with Crippen molar-refractivity contribution in [2.24, 2.45) is 5.10 Å². The first-order valence-corrected chi connectivity index (χ1v) is 9.69. The van der Waals surface area contributed by atoms with E-state index in [4.69, 9.17) is 4.74 Å². The van der Waals surface area contributed by atoms with Gasteiger partial charge in [-0.25, -0.2) is 0 Å². The molecule has 0 saturated heterocycles. The maximum atomic E-state index is 12.3. The number of hydrogen-bond donors (Lipinski definition) is 0. The molecule has 0 saturated carbocycles. The minimum absolute atomic E-state index is 0.379. The number of amides is 2. The van der Waals surface area contributed by atoms with Crippen molar-refractivity contribution in [3.05, 3.63) is 98.6 Å². The standard InChI is InChI=1S/C22H15IN2O3/c23-17-9-5-16(6-10-17)14-28-18-11-7-15(8-12-18)13-24-25-21(26)19-3-1-2-4-20(19)22(25)27/h1-13H,14H2/b24-13-. The molecular formula is C22H15IN2O3. The average molecular weight is 482 g/mol. The summed E-state index contributed by atoms with van der Waals surface area (Å²) < 4.78 is 6.96. The topological polar surface area (TPSA) is 59.0 Å². The summed E-state index contributed by atoms with van der Waals surface area (Å²) in [7, 11) is 0. The van der Waals surface area contributed by atoms with E-state index >= 15 is 0 Å². The summed E-state index contributed by atoms with van der Waals surface area (Å²) in [4.78, 5) is 24.6. The summed E-state index contributed by atoms with van der Waals surface area (Å²) in [5.74, 6) is -0.0833. The van der Waals surface area contributed by atoms with Gasteiger partial charge in [-0.15, -0.1) is 0 Å². The highest BCUT2D eigenvalue weighted by atomic mass is 127. The summed E-state index contributed by atoms with van der Waals surface area (Å²) >= 11 is 2.27. The fourth-order valence-electron chi connectivity index (χ4n) is 2.80. The summed E-state index contributed by atoms with van der Waals surface area (Å²) in [5.41, 5.74) is 2.61. The van der Waals surface area contributed by atoms with Crippen molar-refractivity contribution < 1.29 is 14.3 Å². The van der Waals surface area contributed by atoms with Gasteiger partial charge in [-0.05, 0) is 82.2 Å². The second kappa shape index (κ2) is 7.93. The number of ether oxygens (including phenoxy) is 1. The van der Waals surface area contributed by atoms with Crippen LogP contribution in [0.5, 0.6) is 5.75 Å². The number of imide groups is 1. The maximum absolute atomic E-state index is 12.3. The van der Waals surface area contributed by atoms with Crippen molar-refractivity contribution >= 4 is 40.6 Å². The van der Waals surface area contributed by atoms with Gasteiger partial charge in [-0.3, -0.25) is 9.59 Å². The Morgan fingerprint density at radius 3 is 2.07 bits per heavy atom. The molecule has 0 aromatic heterocycles. The zero-order valence-corrected chi connectivity index (χ0v) is 16.9. The number of halogens is 1. The number of carbonyl (C=O) groups excluding carboxylic acids is 2. The quantitative estimate of drug-likeness (QED) is 0.306. The molecule has 4 rings (SSSR count). The number of fused-ring (bicyclic) bond motifs is 1. The molecule has 1 aliphatic rings. The lowest BCUT2D eigenvalue weighted by Crippen LogP contribution is -2.23. The first kappa shape index (κ1) is 18.4. The fraction of sp³-hybridized carbons (Fsp3) is 0.0455. The molecule has 1 aliphatic heterocycles. The Labute approximate surface area is 175 Å². The lowest BCUT2D eigenvalue weighted by molar-refractivity contribution is 0.0660. The van der Waals surface area contributed by atoms with E-state index < -0.39 is 11.8 Å². The number of nitrogens with zero attached hydrogens (tertiary/aromatic N) is 2. The largest absolute Gasteiger partial charge is 0.489 e. The highest BCUT2D eigenvalue weighted by Crippen LogP contribution is 2.22. The Morgan fingerprint density at radius 1 is 0.857 bits per heavy atom. The first-order valence-electron chi connectivity index (χ1n) is 8.61. The predicted molar refractivity (Wildman–Crippen MR) is 114 cm³/mol. The van der Waals surface area contributed by atoms with Crippen LogP contribution in [-0.4, -0.2) is 23.0 Å². The third-order valence-electron chi connectivity index (χ3n) is 4.29. The smallest absolute Gasteiger partial charge is 0.282 e. The minimum Gasteiger partial charge on any atom is -0.489 e. The zero-order valence-electron chi connectivity index (χ0n) is 14.7. The van der Waals surface area contributed by atoms with Gasteiger partial charge < -0.3 is 4.74 Å². The van der Waals surface area contributed by atoms with Crippen LogP contribution < -0.4 is 4.74 Å². The Bertz CT molecular complexity index is 1020. The third kappa shape index (κ3) is 3.82. The van der Waals surface area contributed by atoms with Crippen LogP contribution >= 0.6 is 22.6 Å². The molecule has 0 aliphatic carbocycles. The molecule has 138 valence electrons. The van der Waals surface area contributed by atoms with Crippen LogP contribution in [0.3, 0.4) is 0 Å². The average Bonchev–Trinajstić information content (AvgIpc) is 2.97. The Kier molecular flexibility index (Phi) is 5.21. The van der Waals surface area contributed by atoms with Crippen molar-refractivity contribution in [3.63, 3.8) is 0 Å². The number of hydrazone groups is 1.